The summed E-state index contributed by atoms with van der Waals surface area (Å²) in [5.74, 6) is -0.571. The lowest BCUT2D eigenvalue weighted by Crippen LogP contribution is -2.23. The molecule has 0 aromatic heterocycles. The number of nitrogens with zero attached hydrogens (tertiary/aromatic N) is 1. The summed E-state index contributed by atoms with van der Waals surface area (Å²) in [5, 5.41) is 8.37. The summed E-state index contributed by atoms with van der Waals surface area (Å²) in [7, 11) is 0. The van der Waals surface area contributed by atoms with Crippen molar-refractivity contribution in [1.29, 1.82) is 5.26 Å². The van der Waals surface area contributed by atoms with E-state index in [1.165, 1.54) is 0 Å². The lowest BCUT2D eigenvalue weighted by atomic mass is 9.92. The number of hydrogen-bond acceptors (Lipinski definition) is 4. The van der Waals surface area contributed by atoms with Gasteiger partial charge in [-0.15, -0.1) is 0 Å². The molecule has 0 N–H and O–H groups in total. The van der Waals surface area contributed by atoms with Crippen molar-refractivity contribution in [2.75, 3.05) is 0 Å². The Labute approximate surface area is 188 Å². The van der Waals surface area contributed by atoms with Crippen LogP contribution in [0.5, 0.6) is 11.5 Å². The highest BCUT2D eigenvalue weighted by Crippen LogP contribution is 2.94. The normalized spacial score (nSPS) is 29.3. The second-order valence-corrected chi connectivity index (χ2v) is 8.83. The molecule has 8 heteroatoms. The maximum Gasteiger partial charge on any atom is 0.426 e. The van der Waals surface area contributed by atoms with E-state index in [0.717, 1.165) is 6.08 Å². The molecule has 0 saturated heterocycles. The van der Waals surface area contributed by atoms with Crippen molar-refractivity contribution in [2.45, 2.75) is 26.1 Å². The van der Waals surface area contributed by atoms with E-state index in [1.54, 1.807) is 50.2 Å². The van der Waals surface area contributed by atoms with Gasteiger partial charge in [-0.25, -0.2) is 0 Å². The first-order valence-electron chi connectivity index (χ1n) is 9.91. The van der Waals surface area contributed by atoms with E-state index in [1.807, 2.05) is 24.3 Å². The van der Waals surface area contributed by atoms with Crippen molar-refractivity contribution in [3.8, 4) is 17.6 Å². The molecule has 0 spiro atoms. The van der Waals surface area contributed by atoms with Gasteiger partial charge >= 0.3 is 12.1 Å². The number of carbonyl (C=O) groups is 1. The SMILES string of the molecule is CC12C(/C=C(\Cl)C(F)(F)F)C1(C)C2C(=O)OC(C#N)c1cccc(Oc2ccccc2)c1. The molecule has 2 saturated carbocycles. The Morgan fingerprint density at radius 1 is 1.12 bits per heavy atom. The fourth-order valence-corrected chi connectivity index (χ4v) is 4.94. The molecule has 0 radical (unpaired) electrons. The number of rotatable bonds is 6. The van der Waals surface area contributed by atoms with Gasteiger partial charge in [-0.05, 0) is 41.0 Å². The summed E-state index contributed by atoms with van der Waals surface area (Å²) < 4.78 is 49.4. The molecule has 3 atom stereocenters. The van der Waals surface area contributed by atoms with Crippen LogP contribution in [0.1, 0.15) is 25.5 Å². The van der Waals surface area contributed by atoms with E-state index >= 15 is 0 Å². The number of carbonyl (C=O) groups excluding carboxylic acids is 1. The van der Waals surface area contributed by atoms with Gasteiger partial charge in [-0.2, -0.15) is 18.4 Å². The highest BCUT2D eigenvalue weighted by atomic mass is 35.5. The topological polar surface area (TPSA) is 59.3 Å². The predicted molar refractivity (Wildman–Crippen MR) is 111 cm³/mol. The molecule has 2 aromatic rings. The number of fused-ring (bicyclic) bond motifs is 1. The number of halogens is 4. The third-order valence-corrected chi connectivity index (χ3v) is 7.14. The maximum atomic E-state index is 12.7. The number of esters is 1. The molecule has 0 amide bonds. The second-order valence-electron chi connectivity index (χ2n) is 8.42. The van der Waals surface area contributed by atoms with Crippen LogP contribution in [0, 0.1) is 34.0 Å². The Kier molecular flexibility index (Phi) is 5.25. The Morgan fingerprint density at radius 2 is 1.75 bits per heavy atom. The van der Waals surface area contributed by atoms with Crippen LogP contribution in [0.25, 0.3) is 0 Å². The molecule has 4 rings (SSSR count). The van der Waals surface area contributed by atoms with E-state index in [2.05, 4.69) is 0 Å². The van der Waals surface area contributed by atoms with Crippen LogP contribution in [0.15, 0.2) is 65.7 Å². The van der Waals surface area contributed by atoms with Crippen LogP contribution in [0.3, 0.4) is 0 Å². The summed E-state index contributed by atoms with van der Waals surface area (Å²) in [5.41, 5.74) is -0.878. The van der Waals surface area contributed by atoms with Crippen molar-refractivity contribution >= 4 is 17.6 Å². The number of para-hydroxylation sites is 1. The standard InChI is InChI=1S/C24H19ClF3NO3/c1-22-18(12-19(25)24(26,27)28)23(22,2)20(22)21(30)32-17(13-29)14-7-6-10-16(11-14)31-15-8-4-3-5-9-15/h3-12,17-18,20H,1-2H3/b19-12-. The molecule has 2 fully saturated rings. The lowest BCUT2D eigenvalue weighted by molar-refractivity contribution is -0.151. The minimum Gasteiger partial charge on any atom is -0.457 e. The molecule has 166 valence electrons. The van der Waals surface area contributed by atoms with Crippen LogP contribution in [-0.4, -0.2) is 12.1 Å². The molecular weight excluding hydrogens is 443 g/mol. The molecule has 0 aliphatic heterocycles. The van der Waals surface area contributed by atoms with Crippen molar-refractivity contribution < 1.29 is 27.4 Å². The summed E-state index contributed by atoms with van der Waals surface area (Å²) in [6.07, 6.45) is -4.81. The lowest BCUT2D eigenvalue weighted by Gasteiger charge is -2.19. The quantitative estimate of drug-likeness (QED) is 0.458. The smallest absolute Gasteiger partial charge is 0.426 e. The number of allylic oxidation sites excluding steroid dienone is 2. The molecule has 3 unspecified atom stereocenters. The number of ether oxygens (including phenoxy) is 2. The van der Waals surface area contributed by atoms with Gasteiger partial charge in [-0.1, -0.05) is 61.9 Å². The Balaban J connectivity index is 1.43. The molecule has 2 aliphatic carbocycles. The van der Waals surface area contributed by atoms with E-state index in [9.17, 15) is 23.2 Å². The predicted octanol–water partition coefficient (Wildman–Crippen LogP) is 6.54. The van der Waals surface area contributed by atoms with Gasteiger partial charge in [0.15, 0.2) is 0 Å². The Hall–Kier alpha value is -2.98. The molecular formula is C24H19ClF3NO3. The van der Waals surface area contributed by atoms with Gasteiger partial charge < -0.3 is 9.47 Å². The highest BCUT2D eigenvalue weighted by molar-refractivity contribution is 6.30. The maximum absolute atomic E-state index is 12.7. The minimum atomic E-state index is -4.61. The van der Waals surface area contributed by atoms with E-state index in [-0.39, 0.29) is 0 Å². The summed E-state index contributed by atoms with van der Waals surface area (Å²) >= 11 is 5.35. The first-order chi connectivity index (χ1) is 15.0. The largest absolute Gasteiger partial charge is 0.457 e. The molecule has 2 aliphatic rings. The average Bonchev–Trinajstić information content (AvgIpc) is 3.46. The van der Waals surface area contributed by atoms with Gasteiger partial charge in [-0.3, -0.25) is 4.79 Å². The van der Waals surface area contributed by atoms with E-state index in [4.69, 9.17) is 21.1 Å². The second kappa shape index (κ2) is 7.56. The van der Waals surface area contributed by atoms with Crippen molar-refractivity contribution in [2.24, 2.45) is 22.7 Å². The van der Waals surface area contributed by atoms with E-state index < -0.39 is 45.9 Å². The van der Waals surface area contributed by atoms with Crippen LogP contribution in [0.4, 0.5) is 13.2 Å². The average molecular weight is 462 g/mol. The first-order valence-corrected chi connectivity index (χ1v) is 10.3. The van der Waals surface area contributed by atoms with Gasteiger partial charge in [0.1, 0.15) is 22.6 Å². The van der Waals surface area contributed by atoms with Gasteiger partial charge in [0, 0.05) is 5.56 Å². The number of nitriles is 1. The number of benzene rings is 2. The van der Waals surface area contributed by atoms with Crippen LogP contribution in [-0.2, 0) is 9.53 Å². The zero-order valence-electron chi connectivity index (χ0n) is 17.2. The molecule has 4 nitrogen and oxygen atoms in total. The fourth-order valence-electron chi connectivity index (χ4n) is 4.81. The van der Waals surface area contributed by atoms with Crippen molar-refractivity contribution in [3.05, 3.63) is 71.3 Å². The Morgan fingerprint density at radius 3 is 2.34 bits per heavy atom. The minimum absolute atomic E-state index is 0.440. The number of hydrogen-bond donors (Lipinski definition) is 0. The van der Waals surface area contributed by atoms with Crippen molar-refractivity contribution in [1.82, 2.24) is 0 Å². The molecule has 0 heterocycles. The van der Waals surface area contributed by atoms with Crippen LogP contribution < -0.4 is 4.74 Å². The first kappa shape index (κ1) is 22.2. The molecule has 2 aromatic carbocycles. The summed E-state index contributed by atoms with van der Waals surface area (Å²) in [4.78, 5) is 12.7. The monoisotopic (exact) mass is 461 g/mol. The third kappa shape index (κ3) is 3.53. The van der Waals surface area contributed by atoms with Crippen molar-refractivity contribution in [3.63, 3.8) is 0 Å². The molecule has 0 bridgehead atoms. The Bertz CT molecular complexity index is 1110. The van der Waals surface area contributed by atoms with Crippen LogP contribution >= 0.6 is 11.6 Å². The highest BCUT2D eigenvalue weighted by Gasteiger charge is 2.94. The summed E-state index contributed by atoms with van der Waals surface area (Å²) in [6.45, 7) is 3.46. The van der Waals surface area contributed by atoms with Gasteiger partial charge in [0.2, 0.25) is 6.10 Å². The number of alkyl halides is 3. The molecule has 32 heavy (non-hydrogen) atoms. The third-order valence-electron chi connectivity index (χ3n) is 6.80. The zero-order valence-corrected chi connectivity index (χ0v) is 17.9. The van der Waals surface area contributed by atoms with Crippen LogP contribution in [0.2, 0.25) is 0 Å². The van der Waals surface area contributed by atoms with Gasteiger partial charge in [0.05, 0.1) is 5.92 Å². The van der Waals surface area contributed by atoms with E-state index in [0.29, 0.717) is 17.1 Å². The van der Waals surface area contributed by atoms with Gasteiger partial charge in [0.25, 0.3) is 0 Å². The zero-order chi connectivity index (χ0) is 23.3. The summed E-state index contributed by atoms with van der Waals surface area (Å²) in [6, 6.07) is 17.7. The fraction of sp³-hybridized carbons (Fsp3) is 0.333.